The van der Waals surface area contributed by atoms with Gasteiger partial charge in [-0.15, -0.1) is 17.9 Å². The smallest absolute Gasteiger partial charge is 0.206 e. The highest BCUT2D eigenvalue weighted by Gasteiger charge is 2.09. The van der Waals surface area contributed by atoms with Crippen molar-refractivity contribution in [2.75, 3.05) is 13.7 Å². The van der Waals surface area contributed by atoms with Gasteiger partial charge in [-0.25, -0.2) is 4.68 Å². The first-order valence-electron chi connectivity index (χ1n) is 7.36. The normalized spacial score (nSPS) is 12.0. The van der Waals surface area contributed by atoms with Gasteiger partial charge in [0.15, 0.2) is 5.76 Å². The van der Waals surface area contributed by atoms with E-state index in [-0.39, 0.29) is 0 Å². The van der Waals surface area contributed by atoms with Gasteiger partial charge in [0.05, 0.1) is 26.1 Å². The zero-order valence-electron chi connectivity index (χ0n) is 13.3. The minimum Gasteiger partial charge on any atom is -0.497 e. The lowest BCUT2D eigenvalue weighted by atomic mass is 10.2. The van der Waals surface area contributed by atoms with E-state index in [1.54, 1.807) is 30.3 Å². The molecule has 0 bridgehead atoms. The van der Waals surface area contributed by atoms with Crippen molar-refractivity contribution in [3.05, 3.63) is 71.1 Å². The van der Waals surface area contributed by atoms with Crippen LogP contribution < -0.4 is 9.54 Å². The van der Waals surface area contributed by atoms with E-state index in [9.17, 15) is 0 Å². The van der Waals surface area contributed by atoms with Crippen LogP contribution in [0.4, 0.5) is 0 Å². The summed E-state index contributed by atoms with van der Waals surface area (Å²) in [4.78, 5) is 5.26. The summed E-state index contributed by atoms with van der Waals surface area (Å²) in [7, 11) is 1.64. The van der Waals surface area contributed by atoms with Crippen LogP contribution >= 0.6 is 11.3 Å². The lowest BCUT2D eigenvalue weighted by molar-refractivity contribution is 0.414. The Labute approximate surface area is 143 Å². The summed E-state index contributed by atoms with van der Waals surface area (Å²) >= 11 is 1.51. The van der Waals surface area contributed by atoms with Gasteiger partial charge in [0.1, 0.15) is 11.4 Å². The van der Waals surface area contributed by atoms with Crippen molar-refractivity contribution in [3.8, 4) is 17.2 Å². The van der Waals surface area contributed by atoms with Crippen LogP contribution in [0.3, 0.4) is 0 Å². The van der Waals surface area contributed by atoms with Gasteiger partial charge < -0.3 is 9.15 Å². The van der Waals surface area contributed by atoms with Crippen LogP contribution in [0.5, 0.6) is 5.75 Å². The van der Waals surface area contributed by atoms with Crippen molar-refractivity contribution >= 4 is 17.6 Å². The SMILES string of the molecule is C=CCN=c1scc(-c2ccco2)n1N=Cc1cccc(OC)c1. The number of thiazole rings is 1. The Hall–Kier alpha value is -2.86. The summed E-state index contributed by atoms with van der Waals surface area (Å²) in [5.41, 5.74) is 1.79. The Morgan fingerprint density at radius 1 is 1.33 bits per heavy atom. The number of benzene rings is 1. The van der Waals surface area contributed by atoms with E-state index in [0.29, 0.717) is 6.54 Å². The molecule has 122 valence electrons. The Balaban J connectivity index is 2.02. The molecule has 3 aromatic rings. The first-order valence-corrected chi connectivity index (χ1v) is 8.24. The lowest BCUT2D eigenvalue weighted by Crippen LogP contribution is -2.12. The number of nitrogens with zero attached hydrogens (tertiary/aromatic N) is 3. The zero-order valence-corrected chi connectivity index (χ0v) is 14.1. The molecule has 0 atom stereocenters. The van der Waals surface area contributed by atoms with Gasteiger partial charge in [-0.2, -0.15) is 5.10 Å². The van der Waals surface area contributed by atoms with Gasteiger partial charge in [0.2, 0.25) is 4.80 Å². The molecule has 0 radical (unpaired) electrons. The molecule has 0 N–H and O–H groups in total. The zero-order chi connectivity index (χ0) is 16.8. The van der Waals surface area contributed by atoms with Crippen LogP contribution in [0, 0.1) is 0 Å². The number of aromatic nitrogens is 1. The number of ether oxygens (including phenoxy) is 1. The highest BCUT2D eigenvalue weighted by molar-refractivity contribution is 7.07. The molecule has 0 fully saturated rings. The lowest BCUT2D eigenvalue weighted by Gasteiger charge is -2.02. The molecule has 2 aromatic heterocycles. The Bertz CT molecular complexity index is 904. The van der Waals surface area contributed by atoms with E-state index in [1.165, 1.54) is 11.3 Å². The first kappa shape index (κ1) is 16.0. The summed E-state index contributed by atoms with van der Waals surface area (Å²) in [6.45, 7) is 4.24. The molecule has 1 aromatic carbocycles. The van der Waals surface area contributed by atoms with E-state index in [2.05, 4.69) is 16.7 Å². The number of methoxy groups -OCH3 is 1. The maximum Gasteiger partial charge on any atom is 0.206 e. The monoisotopic (exact) mass is 339 g/mol. The van der Waals surface area contributed by atoms with E-state index < -0.39 is 0 Å². The molecule has 24 heavy (non-hydrogen) atoms. The topological polar surface area (TPSA) is 52.0 Å². The maximum atomic E-state index is 5.50. The largest absolute Gasteiger partial charge is 0.497 e. The fourth-order valence-corrected chi connectivity index (χ4v) is 2.93. The predicted molar refractivity (Wildman–Crippen MR) is 96.6 cm³/mol. The van der Waals surface area contributed by atoms with Crippen molar-refractivity contribution in [2.24, 2.45) is 10.1 Å². The predicted octanol–water partition coefficient (Wildman–Crippen LogP) is 3.79. The molecule has 0 spiro atoms. The third-order valence-corrected chi connectivity index (χ3v) is 4.08. The first-order chi connectivity index (χ1) is 11.8. The van der Waals surface area contributed by atoms with Gasteiger partial charge in [0, 0.05) is 5.38 Å². The van der Waals surface area contributed by atoms with Gasteiger partial charge in [-0.1, -0.05) is 18.2 Å². The van der Waals surface area contributed by atoms with E-state index in [0.717, 1.165) is 27.6 Å². The molecule has 5 nitrogen and oxygen atoms in total. The van der Waals surface area contributed by atoms with Gasteiger partial charge in [-0.05, 0) is 29.8 Å². The van der Waals surface area contributed by atoms with Crippen molar-refractivity contribution in [1.29, 1.82) is 0 Å². The second kappa shape index (κ2) is 7.61. The van der Waals surface area contributed by atoms with Gasteiger partial charge in [-0.3, -0.25) is 4.99 Å². The fraction of sp³-hybridized carbons (Fsp3) is 0.111. The summed E-state index contributed by atoms with van der Waals surface area (Å²) in [6.07, 6.45) is 5.17. The number of rotatable bonds is 6. The van der Waals surface area contributed by atoms with Gasteiger partial charge in [0.25, 0.3) is 0 Å². The highest BCUT2D eigenvalue weighted by Crippen LogP contribution is 2.20. The average molecular weight is 339 g/mol. The van der Waals surface area contributed by atoms with Crippen LogP contribution in [0.25, 0.3) is 11.5 Å². The molecule has 6 heteroatoms. The molecular formula is C18H17N3O2S. The van der Waals surface area contributed by atoms with Crippen molar-refractivity contribution in [1.82, 2.24) is 4.68 Å². The Morgan fingerprint density at radius 2 is 2.25 bits per heavy atom. The van der Waals surface area contributed by atoms with Crippen LogP contribution in [-0.2, 0) is 0 Å². The quantitative estimate of drug-likeness (QED) is 0.507. The number of furan rings is 1. The van der Waals surface area contributed by atoms with Crippen LogP contribution in [-0.4, -0.2) is 24.5 Å². The van der Waals surface area contributed by atoms with E-state index in [1.807, 2.05) is 41.8 Å². The van der Waals surface area contributed by atoms with E-state index in [4.69, 9.17) is 9.15 Å². The molecule has 0 aliphatic carbocycles. The molecule has 0 saturated carbocycles. The summed E-state index contributed by atoms with van der Waals surface area (Å²) in [6, 6.07) is 11.5. The molecule has 2 heterocycles. The van der Waals surface area contributed by atoms with Crippen molar-refractivity contribution in [2.45, 2.75) is 0 Å². The minimum absolute atomic E-state index is 0.535. The molecule has 0 unspecified atom stereocenters. The van der Waals surface area contributed by atoms with E-state index >= 15 is 0 Å². The highest BCUT2D eigenvalue weighted by atomic mass is 32.1. The second-order valence-corrected chi connectivity index (χ2v) is 5.68. The Kier molecular flexibility index (Phi) is 5.08. The average Bonchev–Trinajstić information content (AvgIpc) is 3.27. The molecule has 0 amide bonds. The van der Waals surface area contributed by atoms with Crippen LogP contribution in [0.15, 0.2) is 75.2 Å². The van der Waals surface area contributed by atoms with Gasteiger partial charge >= 0.3 is 0 Å². The molecular weight excluding hydrogens is 322 g/mol. The Morgan fingerprint density at radius 3 is 3.00 bits per heavy atom. The number of hydrogen-bond acceptors (Lipinski definition) is 5. The molecule has 3 rings (SSSR count). The summed E-state index contributed by atoms with van der Waals surface area (Å²) in [5, 5.41) is 6.56. The number of hydrogen-bond donors (Lipinski definition) is 0. The second-order valence-electron chi connectivity index (χ2n) is 4.84. The maximum absolute atomic E-state index is 5.50. The summed E-state index contributed by atoms with van der Waals surface area (Å²) in [5.74, 6) is 1.53. The molecule has 0 aliphatic heterocycles. The third kappa shape index (κ3) is 3.55. The van der Waals surface area contributed by atoms with Crippen molar-refractivity contribution < 1.29 is 9.15 Å². The summed E-state index contributed by atoms with van der Waals surface area (Å²) < 4.78 is 12.5. The minimum atomic E-state index is 0.535. The van der Waals surface area contributed by atoms with Crippen LogP contribution in [0.2, 0.25) is 0 Å². The van der Waals surface area contributed by atoms with Crippen molar-refractivity contribution in [3.63, 3.8) is 0 Å². The molecule has 0 saturated heterocycles. The standard InChI is InChI=1S/C18H17N3O2S/c1-3-9-19-18-21(16(13-24-18)17-8-5-10-23-17)20-12-14-6-4-7-15(11-14)22-2/h3-8,10-13H,1,9H2,2H3. The third-order valence-electron chi connectivity index (χ3n) is 3.23. The van der Waals surface area contributed by atoms with Crippen LogP contribution in [0.1, 0.15) is 5.56 Å². The fourth-order valence-electron chi connectivity index (χ4n) is 2.10. The molecule has 0 aliphatic rings.